The quantitative estimate of drug-likeness (QED) is 0.897. The van der Waals surface area contributed by atoms with Gasteiger partial charge in [-0.05, 0) is 30.5 Å². The lowest BCUT2D eigenvalue weighted by atomic mass is 9.96. The fourth-order valence-electron chi connectivity index (χ4n) is 2.83. The highest BCUT2D eigenvalue weighted by molar-refractivity contribution is 5.92. The third-order valence-electron chi connectivity index (χ3n) is 4.18. The van der Waals surface area contributed by atoms with E-state index in [-0.39, 0.29) is 29.2 Å². The number of rotatable bonds is 4. The Morgan fingerprint density at radius 1 is 1.29 bits per heavy atom. The normalized spacial score (nSPS) is 15.5. The maximum Gasteiger partial charge on any atom is 0.276 e. The molecule has 126 valence electrons. The molecule has 7 nitrogen and oxygen atoms in total. The van der Waals surface area contributed by atoms with Gasteiger partial charge in [-0.15, -0.1) is 5.10 Å². The van der Waals surface area contributed by atoms with Gasteiger partial charge >= 0.3 is 0 Å². The maximum atomic E-state index is 13.2. The van der Waals surface area contributed by atoms with E-state index in [1.165, 1.54) is 16.8 Å². The molecule has 2 N–H and O–H groups in total. The Morgan fingerprint density at radius 3 is 2.71 bits per heavy atom. The van der Waals surface area contributed by atoms with Crippen molar-refractivity contribution in [3.8, 4) is 0 Å². The largest absolute Gasteiger partial charge is 0.369 e. The third kappa shape index (κ3) is 3.58. The van der Waals surface area contributed by atoms with Gasteiger partial charge in [0, 0.05) is 19.0 Å². The lowest BCUT2D eigenvalue weighted by Crippen LogP contribution is -2.41. The molecule has 2 heterocycles. The zero-order chi connectivity index (χ0) is 17.1. The van der Waals surface area contributed by atoms with Crippen molar-refractivity contribution in [1.29, 1.82) is 0 Å². The monoisotopic (exact) mass is 331 g/mol. The van der Waals surface area contributed by atoms with Gasteiger partial charge in [-0.2, -0.15) is 0 Å². The van der Waals surface area contributed by atoms with Gasteiger partial charge in [0.15, 0.2) is 5.69 Å². The summed E-state index contributed by atoms with van der Waals surface area (Å²) in [5.41, 5.74) is 6.27. The van der Waals surface area contributed by atoms with Crippen LogP contribution in [0.25, 0.3) is 0 Å². The first kappa shape index (κ1) is 16.1. The Morgan fingerprint density at radius 2 is 2.04 bits per heavy atom. The first-order valence-corrected chi connectivity index (χ1v) is 7.76. The van der Waals surface area contributed by atoms with Gasteiger partial charge in [-0.3, -0.25) is 9.59 Å². The zero-order valence-electron chi connectivity index (χ0n) is 13.1. The van der Waals surface area contributed by atoms with Gasteiger partial charge in [-0.25, -0.2) is 9.07 Å². The van der Waals surface area contributed by atoms with Crippen LogP contribution < -0.4 is 5.73 Å². The minimum atomic E-state index is -0.318. The third-order valence-corrected chi connectivity index (χ3v) is 4.18. The summed E-state index contributed by atoms with van der Waals surface area (Å²) < 4.78 is 14.7. The Labute approximate surface area is 138 Å². The molecule has 1 aromatic heterocycles. The fraction of sp³-hybridized carbons (Fsp3) is 0.375. The predicted octanol–water partition coefficient (Wildman–Crippen LogP) is 0.803. The highest BCUT2D eigenvalue weighted by Crippen LogP contribution is 2.18. The van der Waals surface area contributed by atoms with E-state index in [4.69, 9.17) is 5.73 Å². The topological polar surface area (TPSA) is 94.1 Å². The molecule has 0 bridgehead atoms. The second kappa shape index (κ2) is 6.77. The molecule has 0 radical (unpaired) electrons. The van der Waals surface area contributed by atoms with Crippen LogP contribution in [-0.4, -0.2) is 44.8 Å². The van der Waals surface area contributed by atoms with Crippen molar-refractivity contribution >= 4 is 11.8 Å². The van der Waals surface area contributed by atoms with Gasteiger partial charge < -0.3 is 10.6 Å². The minimum absolute atomic E-state index is 0.169. The smallest absolute Gasteiger partial charge is 0.276 e. The number of piperidine rings is 1. The Hall–Kier alpha value is -2.77. The van der Waals surface area contributed by atoms with Crippen LogP contribution in [0.2, 0.25) is 0 Å². The Kier molecular flexibility index (Phi) is 4.54. The summed E-state index contributed by atoms with van der Waals surface area (Å²) in [6, 6.07) is 6.19. The minimum Gasteiger partial charge on any atom is -0.369 e. The summed E-state index contributed by atoms with van der Waals surface area (Å²) in [6.45, 7) is 1.29. The summed E-state index contributed by atoms with van der Waals surface area (Å²) >= 11 is 0. The van der Waals surface area contributed by atoms with Gasteiger partial charge in [0.2, 0.25) is 5.91 Å². The molecule has 1 fully saturated rings. The summed E-state index contributed by atoms with van der Waals surface area (Å²) in [6.07, 6.45) is 2.68. The first-order valence-electron chi connectivity index (χ1n) is 7.76. The van der Waals surface area contributed by atoms with Crippen molar-refractivity contribution in [2.45, 2.75) is 19.4 Å². The molecule has 3 rings (SSSR count). The second-order valence-electron chi connectivity index (χ2n) is 5.90. The number of carbonyl (C=O) groups excluding carboxylic acids is 2. The van der Waals surface area contributed by atoms with Crippen LogP contribution in [0.1, 0.15) is 28.9 Å². The molecule has 0 spiro atoms. The van der Waals surface area contributed by atoms with E-state index in [0.717, 1.165) is 5.56 Å². The van der Waals surface area contributed by atoms with E-state index in [9.17, 15) is 14.0 Å². The van der Waals surface area contributed by atoms with Gasteiger partial charge in [0.25, 0.3) is 5.91 Å². The number of aromatic nitrogens is 3. The molecule has 2 amide bonds. The zero-order valence-corrected chi connectivity index (χ0v) is 13.1. The van der Waals surface area contributed by atoms with Gasteiger partial charge in [0.1, 0.15) is 5.82 Å². The van der Waals surface area contributed by atoms with Gasteiger partial charge in [-0.1, -0.05) is 17.3 Å². The van der Waals surface area contributed by atoms with Crippen LogP contribution in [0.5, 0.6) is 0 Å². The lowest BCUT2D eigenvalue weighted by Gasteiger charge is -2.29. The molecule has 8 heteroatoms. The van der Waals surface area contributed by atoms with Crippen LogP contribution in [0, 0.1) is 11.7 Å². The molecule has 1 aliphatic heterocycles. The molecule has 1 aromatic carbocycles. The highest BCUT2D eigenvalue weighted by atomic mass is 19.1. The predicted molar refractivity (Wildman–Crippen MR) is 83.3 cm³/mol. The van der Waals surface area contributed by atoms with Crippen molar-refractivity contribution in [3.63, 3.8) is 0 Å². The molecule has 0 atom stereocenters. The fourth-order valence-corrected chi connectivity index (χ4v) is 2.83. The van der Waals surface area contributed by atoms with Gasteiger partial charge in [0.05, 0.1) is 12.7 Å². The van der Waals surface area contributed by atoms with E-state index in [2.05, 4.69) is 10.3 Å². The Bertz CT molecular complexity index is 752. The number of carbonyl (C=O) groups is 2. The number of amides is 2. The van der Waals surface area contributed by atoms with Crippen LogP contribution in [0.4, 0.5) is 4.39 Å². The molecule has 1 saturated heterocycles. The SMILES string of the molecule is NC(=O)C1CCN(C(=O)c2cn(Cc3cccc(F)c3)nn2)CC1. The number of nitrogens with zero attached hydrogens (tertiary/aromatic N) is 4. The van der Waals surface area contributed by atoms with Crippen molar-refractivity contribution in [1.82, 2.24) is 19.9 Å². The number of primary amides is 1. The van der Waals surface area contributed by atoms with Crippen LogP contribution >= 0.6 is 0 Å². The molecular weight excluding hydrogens is 313 g/mol. The van der Waals surface area contributed by atoms with E-state index in [1.807, 2.05) is 0 Å². The number of likely N-dealkylation sites (tertiary alicyclic amines) is 1. The summed E-state index contributed by atoms with van der Waals surface area (Å²) in [4.78, 5) is 25.2. The van der Waals surface area contributed by atoms with Crippen LogP contribution in [0.3, 0.4) is 0 Å². The standard InChI is InChI=1S/C16H18FN5O2/c17-13-3-1-2-11(8-13)9-22-10-14(19-20-22)16(24)21-6-4-12(5-7-21)15(18)23/h1-3,8,10,12H,4-7,9H2,(H2,18,23). The number of hydrogen-bond donors (Lipinski definition) is 1. The van der Waals surface area contributed by atoms with Crippen molar-refractivity contribution < 1.29 is 14.0 Å². The molecule has 24 heavy (non-hydrogen) atoms. The summed E-state index contributed by atoms with van der Waals surface area (Å²) in [5.74, 6) is -1.02. The van der Waals surface area contributed by atoms with Crippen LogP contribution in [-0.2, 0) is 11.3 Å². The molecule has 0 aliphatic carbocycles. The average Bonchev–Trinajstić information content (AvgIpc) is 3.02. The number of benzene rings is 1. The van der Waals surface area contributed by atoms with E-state index in [1.54, 1.807) is 23.2 Å². The highest BCUT2D eigenvalue weighted by Gasteiger charge is 2.27. The number of hydrogen-bond acceptors (Lipinski definition) is 4. The first-order chi connectivity index (χ1) is 11.5. The van der Waals surface area contributed by atoms with E-state index >= 15 is 0 Å². The molecule has 0 unspecified atom stereocenters. The van der Waals surface area contributed by atoms with E-state index in [0.29, 0.717) is 32.5 Å². The lowest BCUT2D eigenvalue weighted by molar-refractivity contribution is -0.123. The van der Waals surface area contributed by atoms with Crippen molar-refractivity contribution in [2.75, 3.05) is 13.1 Å². The Balaban J connectivity index is 1.63. The average molecular weight is 331 g/mol. The summed E-state index contributed by atoms with van der Waals surface area (Å²) in [5, 5.41) is 7.82. The molecular formula is C16H18FN5O2. The molecule has 2 aromatic rings. The van der Waals surface area contributed by atoms with Crippen molar-refractivity contribution in [2.24, 2.45) is 11.7 Å². The van der Waals surface area contributed by atoms with E-state index < -0.39 is 0 Å². The molecule has 1 aliphatic rings. The summed E-state index contributed by atoms with van der Waals surface area (Å²) in [7, 11) is 0. The second-order valence-corrected chi connectivity index (χ2v) is 5.90. The number of nitrogens with two attached hydrogens (primary N) is 1. The van der Waals surface area contributed by atoms with Crippen LogP contribution in [0.15, 0.2) is 30.5 Å². The molecule has 0 saturated carbocycles. The van der Waals surface area contributed by atoms with Crippen molar-refractivity contribution in [3.05, 3.63) is 47.5 Å². The maximum absolute atomic E-state index is 13.2. The number of halogens is 1.